The van der Waals surface area contributed by atoms with Crippen molar-refractivity contribution in [2.45, 2.75) is 46.1 Å². The van der Waals surface area contributed by atoms with Gasteiger partial charge in [0.05, 0.1) is 0 Å². The highest BCUT2D eigenvalue weighted by Gasteiger charge is 2.21. The Morgan fingerprint density at radius 3 is 2.38 bits per heavy atom. The molecule has 0 aliphatic heterocycles. The molecule has 7 heteroatoms. The first-order valence-corrected chi connectivity index (χ1v) is 7.38. The summed E-state index contributed by atoms with van der Waals surface area (Å²) in [7, 11) is 0. The van der Waals surface area contributed by atoms with E-state index >= 15 is 0 Å². The molecule has 2 aromatic heterocycles. The SMILES string of the molecule is CCNc1nc(NC(C)(CC)CC)nc(-n2cccn2)n1. The summed E-state index contributed by atoms with van der Waals surface area (Å²) in [5.74, 6) is 1.62. The van der Waals surface area contributed by atoms with E-state index in [2.05, 4.69) is 51.5 Å². The third-order valence-electron chi connectivity index (χ3n) is 3.64. The zero-order valence-corrected chi connectivity index (χ0v) is 13.1. The Kier molecular flexibility index (Phi) is 4.72. The minimum absolute atomic E-state index is 0.0355. The molecule has 0 radical (unpaired) electrons. The zero-order valence-electron chi connectivity index (χ0n) is 13.1. The van der Waals surface area contributed by atoms with Crippen molar-refractivity contribution in [3.8, 4) is 5.95 Å². The van der Waals surface area contributed by atoms with Gasteiger partial charge in [-0.1, -0.05) is 13.8 Å². The van der Waals surface area contributed by atoms with Crippen LogP contribution in [0.2, 0.25) is 0 Å². The molecule has 2 heterocycles. The fraction of sp³-hybridized carbons (Fsp3) is 0.571. The predicted octanol–water partition coefficient (Wildman–Crippen LogP) is 2.48. The van der Waals surface area contributed by atoms with E-state index in [0.717, 1.165) is 19.4 Å². The van der Waals surface area contributed by atoms with Gasteiger partial charge in [-0.05, 0) is 32.8 Å². The van der Waals surface area contributed by atoms with Crippen molar-refractivity contribution in [1.29, 1.82) is 0 Å². The van der Waals surface area contributed by atoms with Crippen LogP contribution in [0.3, 0.4) is 0 Å². The Morgan fingerprint density at radius 1 is 1.10 bits per heavy atom. The quantitative estimate of drug-likeness (QED) is 0.815. The molecule has 2 aromatic rings. The Balaban J connectivity index is 2.36. The number of rotatable bonds is 7. The summed E-state index contributed by atoms with van der Waals surface area (Å²) in [6.07, 6.45) is 5.49. The fourth-order valence-corrected chi connectivity index (χ4v) is 1.84. The van der Waals surface area contributed by atoms with Gasteiger partial charge in [-0.3, -0.25) is 0 Å². The van der Waals surface area contributed by atoms with Gasteiger partial charge < -0.3 is 10.6 Å². The summed E-state index contributed by atoms with van der Waals surface area (Å²) in [5, 5.41) is 10.7. The second kappa shape index (κ2) is 6.51. The maximum atomic E-state index is 4.47. The first kappa shape index (κ1) is 15.2. The van der Waals surface area contributed by atoms with Gasteiger partial charge in [-0.2, -0.15) is 20.1 Å². The molecule has 0 aliphatic carbocycles. The lowest BCUT2D eigenvalue weighted by molar-refractivity contribution is 0.474. The van der Waals surface area contributed by atoms with Gasteiger partial charge in [0, 0.05) is 24.5 Å². The van der Waals surface area contributed by atoms with Gasteiger partial charge in [0.1, 0.15) is 0 Å². The summed E-state index contributed by atoms with van der Waals surface area (Å²) in [6, 6.07) is 1.84. The monoisotopic (exact) mass is 289 g/mol. The molecule has 0 bridgehead atoms. The van der Waals surface area contributed by atoms with Gasteiger partial charge in [-0.25, -0.2) is 4.68 Å². The Hall–Kier alpha value is -2.18. The van der Waals surface area contributed by atoms with Crippen LogP contribution in [-0.2, 0) is 0 Å². The van der Waals surface area contributed by atoms with Crippen molar-refractivity contribution >= 4 is 11.9 Å². The minimum atomic E-state index is -0.0355. The topological polar surface area (TPSA) is 80.5 Å². The van der Waals surface area contributed by atoms with E-state index in [-0.39, 0.29) is 5.54 Å². The summed E-state index contributed by atoms with van der Waals surface area (Å²) in [4.78, 5) is 13.3. The first-order chi connectivity index (χ1) is 10.1. The summed E-state index contributed by atoms with van der Waals surface area (Å²) < 4.78 is 1.63. The lowest BCUT2D eigenvalue weighted by atomic mass is 9.96. The highest BCUT2D eigenvalue weighted by atomic mass is 15.4. The van der Waals surface area contributed by atoms with E-state index in [4.69, 9.17) is 0 Å². The molecule has 0 fully saturated rings. The second-order valence-electron chi connectivity index (χ2n) is 5.16. The van der Waals surface area contributed by atoms with Crippen LogP contribution in [0.15, 0.2) is 18.5 Å². The van der Waals surface area contributed by atoms with Gasteiger partial charge in [-0.15, -0.1) is 0 Å². The van der Waals surface area contributed by atoms with E-state index in [0.29, 0.717) is 17.8 Å². The van der Waals surface area contributed by atoms with Crippen molar-refractivity contribution in [2.75, 3.05) is 17.2 Å². The summed E-state index contributed by atoms with van der Waals surface area (Å²) >= 11 is 0. The van der Waals surface area contributed by atoms with E-state index < -0.39 is 0 Å². The van der Waals surface area contributed by atoms with E-state index in [1.807, 2.05) is 19.2 Å². The van der Waals surface area contributed by atoms with Crippen molar-refractivity contribution in [2.24, 2.45) is 0 Å². The lowest BCUT2D eigenvalue weighted by Gasteiger charge is -2.28. The normalized spacial score (nSPS) is 11.4. The molecule has 0 spiro atoms. The van der Waals surface area contributed by atoms with E-state index in [1.165, 1.54) is 0 Å². The van der Waals surface area contributed by atoms with Crippen molar-refractivity contribution in [3.63, 3.8) is 0 Å². The van der Waals surface area contributed by atoms with Crippen LogP contribution in [0.1, 0.15) is 40.5 Å². The third kappa shape index (κ3) is 3.68. The smallest absolute Gasteiger partial charge is 0.257 e. The number of nitrogens with zero attached hydrogens (tertiary/aromatic N) is 5. The van der Waals surface area contributed by atoms with E-state index in [1.54, 1.807) is 10.9 Å². The highest BCUT2D eigenvalue weighted by Crippen LogP contribution is 2.20. The standard InChI is InChI=1S/C14H23N7/c1-5-14(4,6-2)20-12-17-11(15-7-3)18-13(19-12)21-10-8-9-16-21/h8-10H,5-7H2,1-4H3,(H2,15,17,18,19,20). The zero-order chi connectivity index (χ0) is 15.3. The molecule has 114 valence electrons. The van der Waals surface area contributed by atoms with Crippen molar-refractivity contribution < 1.29 is 0 Å². The molecule has 0 aliphatic rings. The van der Waals surface area contributed by atoms with E-state index in [9.17, 15) is 0 Å². The molecule has 0 atom stereocenters. The Morgan fingerprint density at radius 2 is 1.81 bits per heavy atom. The Labute approximate surface area is 125 Å². The molecular weight excluding hydrogens is 266 g/mol. The number of hydrogen-bond acceptors (Lipinski definition) is 6. The molecule has 21 heavy (non-hydrogen) atoms. The van der Waals surface area contributed by atoms with Crippen molar-refractivity contribution in [1.82, 2.24) is 24.7 Å². The van der Waals surface area contributed by atoms with Gasteiger partial charge in [0.2, 0.25) is 11.9 Å². The van der Waals surface area contributed by atoms with Crippen LogP contribution < -0.4 is 10.6 Å². The van der Waals surface area contributed by atoms with Crippen LogP contribution in [-0.4, -0.2) is 36.8 Å². The average Bonchev–Trinajstić information content (AvgIpc) is 3.01. The van der Waals surface area contributed by atoms with Crippen LogP contribution in [0.25, 0.3) is 5.95 Å². The molecular formula is C14H23N7. The number of aromatic nitrogens is 5. The molecule has 2 rings (SSSR count). The lowest BCUT2D eigenvalue weighted by Crippen LogP contribution is -2.34. The maximum Gasteiger partial charge on any atom is 0.257 e. The minimum Gasteiger partial charge on any atom is -0.354 e. The predicted molar refractivity (Wildman–Crippen MR) is 83.7 cm³/mol. The average molecular weight is 289 g/mol. The molecule has 0 aromatic carbocycles. The maximum absolute atomic E-state index is 4.47. The van der Waals surface area contributed by atoms with Crippen LogP contribution >= 0.6 is 0 Å². The molecule has 0 unspecified atom stereocenters. The number of anilines is 2. The first-order valence-electron chi connectivity index (χ1n) is 7.38. The van der Waals surface area contributed by atoms with Gasteiger partial charge in [0.25, 0.3) is 5.95 Å². The largest absolute Gasteiger partial charge is 0.354 e. The van der Waals surface area contributed by atoms with Crippen LogP contribution in [0.5, 0.6) is 0 Å². The number of nitrogens with one attached hydrogen (secondary N) is 2. The molecule has 0 saturated carbocycles. The molecule has 7 nitrogen and oxygen atoms in total. The molecule has 2 N–H and O–H groups in total. The number of hydrogen-bond donors (Lipinski definition) is 2. The van der Waals surface area contributed by atoms with Crippen molar-refractivity contribution in [3.05, 3.63) is 18.5 Å². The highest BCUT2D eigenvalue weighted by molar-refractivity contribution is 5.39. The van der Waals surface area contributed by atoms with Gasteiger partial charge in [0.15, 0.2) is 0 Å². The second-order valence-corrected chi connectivity index (χ2v) is 5.16. The van der Waals surface area contributed by atoms with Crippen LogP contribution in [0.4, 0.5) is 11.9 Å². The molecule has 0 saturated heterocycles. The summed E-state index contributed by atoms with van der Waals surface area (Å²) in [5.41, 5.74) is -0.0355. The van der Waals surface area contributed by atoms with Gasteiger partial charge >= 0.3 is 0 Å². The third-order valence-corrected chi connectivity index (χ3v) is 3.64. The van der Waals surface area contributed by atoms with Crippen LogP contribution in [0, 0.1) is 0 Å². The Bertz CT molecular complexity index is 561. The molecule has 0 amide bonds. The fourth-order valence-electron chi connectivity index (χ4n) is 1.84. The summed E-state index contributed by atoms with van der Waals surface area (Å²) in [6.45, 7) is 9.22.